The minimum atomic E-state index is -1.30. The lowest BCUT2D eigenvalue weighted by molar-refractivity contribution is -0.119. The van der Waals surface area contributed by atoms with Crippen LogP contribution in [0.1, 0.15) is 19.8 Å². The van der Waals surface area contributed by atoms with Crippen LogP contribution in [0.3, 0.4) is 0 Å². The average Bonchev–Trinajstić information content (AvgIpc) is 3.01. The van der Waals surface area contributed by atoms with E-state index in [9.17, 15) is 18.8 Å². The standard InChI is InChI=1S/C18H22FN3O6/c1-11(23)20-9-14-10-22(17(24)27-14)12-2-3-16(15(19)8-12)21-6-4-13(5-7-21)28-18(25)26/h2-3,8,13-14H,4-7,9-10H2,1H3,(H,20,23)(H,25,26)/t14-/m0/s1. The molecule has 10 heteroatoms. The van der Waals surface area contributed by atoms with Crippen molar-refractivity contribution in [1.29, 1.82) is 0 Å². The Bertz CT molecular complexity index is 766. The van der Waals surface area contributed by atoms with Gasteiger partial charge in [-0.15, -0.1) is 0 Å². The molecule has 0 spiro atoms. The second-order valence-corrected chi connectivity index (χ2v) is 6.76. The first-order valence-electron chi connectivity index (χ1n) is 9.00. The molecular formula is C18H22FN3O6. The molecule has 0 bridgehead atoms. The lowest BCUT2D eigenvalue weighted by atomic mass is 10.1. The Kier molecular flexibility index (Phi) is 5.86. The van der Waals surface area contributed by atoms with E-state index in [2.05, 4.69) is 5.32 Å². The van der Waals surface area contributed by atoms with E-state index in [1.807, 2.05) is 4.90 Å². The van der Waals surface area contributed by atoms with E-state index in [1.165, 1.54) is 17.9 Å². The molecule has 152 valence electrons. The zero-order valence-corrected chi connectivity index (χ0v) is 15.4. The molecule has 3 rings (SSSR count). The first-order chi connectivity index (χ1) is 13.3. The van der Waals surface area contributed by atoms with Crippen LogP contribution in [-0.2, 0) is 14.3 Å². The van der Waals surface area contributed by atoms with Crippen molar-refractivity contribution in [3.8, 4) is 0 Å². The van der Waals surface area contributed by atoms with E-state index in [0.29, 0.717) is 37.3 Å². The zero-order valence-electron chi connectivity index (χ0n) is 15.4. The number of hydrogen-bond acceptors (Lipinski definition) is 6. The third kappa shape index (κ3) is 4.62. The molecule has 2 amide bonds. The monoisotopic (exact) mass is 395 g/mol. The van der Waals surface area contributed by atoms with Gasteiger partial charge in [0.05, 0.1) is 24.5 Å². The molecule has 28 heavy (non-hydrogen) atoms. The third-order valence-electron chi connectivity index (χ3n) is 4.75. The van der Waals surface area contributed by atoms with Gasteiger partial charge in [-0.25, -0.2) is 14.0 Å². The summed E-state index contributed by atoms with van der Waals surface area (Å²) in [4.78, 5) is 36.8. The molecule has 0 unspecified atom stereocenters. The van der Waals surface area contributed by atoms with Crippen LogP contribution in [0.4, 0.5) is 25.4 Å². The molecule has 1 aromatic rings. The second-order valence-electron chi connectivity index (χ2n) is 6.76. The second kappa shape index (κ2) is 8.32. The molecular weight excluding hydrogens is 373 g/mol. The lowest BCUT2D eigenvalue weighted by Crippen LogP contribution is -2.38. The molecule has 2 heterocycles. The number of nitrogens with zero attached hydrogens (tertiary/aromatic N) is 2. The number of cyclic esters (lactones) is 1. The summed E-state index contributed by atoms with van der Waals surface area (Å²) in [5.41, 5.74) is 0.764. The Morgan fingerprint density at radius 2 is 2.07 bits per heavy atom. The number of ether oxygens (including phenoxy) is 2. The largest absolute Gasteiger partial charge is 0.506 e. The molecule has 0 aliphatic carbocycles. The van der Waals surface area contributed by atoms with Gasteiger partial charge in [0, 0.05) is 32.9 Å². The number of anilines is 2. The molecule has 2 N–H and O–H groups in total. The average molecular weight is 395 g/mol. The number of halogens is 1. The van der Waals surface area contributed by atoms with Crippen molar-refractivity contribution in [1.82, 2.24) is 5.32 Å². The Morgan fingerprint density at radius 3 is 2.68 bits per heavy atom. The van der Waals surface area contributed by atoms with Crippen LogP contribution in [0, 0.1) is 5.82 Å². The summed E-state index contributed by atoms with van der Waals surface area (Å²) in [6.45, 7) is 2.73. The van der Waals surface area contributed by atoms with Gasteiger partial charge in [-0.2, -0.15) is 0 Å². The first kappa shape index (κ1) is 19.7. The van der Waals surface area contributed by atoms with Gasteiger partial charge < -0.3 is 24.8 Å². The van der Waals surface area contributed by atoms with Gasteiger partial charge in [-0.1, -0.05) is 0 Å². The summed E-state index contributed by atoms with van der Waals surface area (Å²) >= 11 is 0. The maximum atomic E-state index is 14.7. The molecule has 1 aromatic carbocycles. The molecule has 2 aliphatic heterocycles. The molecule has 2 aliphatic rings. The number of carbonyl (C=O) groups excluding carboxylic acids is 2. The van der Waals surface area contributed by atoms with E-state index in [0.717, 1.165) is 0 Å². The van der Waals surface area contributed by atoms with Crippen LogP contribution in [0.2, 0.25) is 0 Å². The lowest BCUT2D eigenvalue weighted by Gasteiger charge is -2.33. The Balaban J connectivity index is 1.62. The Labute approximate surface area is 161 Å². The SMILES string of the molecule is CC(=O)NC[C@H]1CN(c2ccc(N3CCC(OC(=O)O)CC3)c(F)c2)C(=O)O1. The number of rotatable bonds is 5. The van der Waals surface area contributed by atoms with Crippen molar-refractivity contribution >= 4 is 29.5 Å². The maximum Gasteiger partial charge on any atom is 0.506 e. The van der Waals surface area contributed by atoms with Gasteiger partial charge in [0.15, 0.2) is 0 Å². The van der Waals surface area contributed by atoms with Crippen molar-refractivity contribution in [2.45, 2.75) is 32.0 Å². The van der Waals surface area contributed by atoms with Crippen LogP contribution < -0.4 is 15.1 Å². The summed E-state index contributed by atoms with van der Waals surface area (Å²) in [6, 6.07) is 4.51. The topological polar surface area (TPSA) is 108 Å². The zero-order chi connectivity index (χ0) is 20.3. The van der Waals surface area contributed by atoms with E-state index >= 15 is 0 Å². The van der Waals surface area contributed by atoms with Gasteiger partial charge >= 0.3 is 12.2 Å². The highest BCUT2D eigenvalue weighted by molar-refractivity contribution is 5.90. The van der Waals surface area contributed by atoms with Gasteiger partial charge in [0.1, 0.15) is 18.0 Å². The predicted molar refractivity (Wildman–Crippen MR) is 97.0 cm³/mol. The normalized spacial score (nSPS) is 20.1. The van der Waals surface area contributed by atoms with Crippen LogP contribution in [-0.4, -0.2) is 61.6 Å². The molecule has 0 radical (unpaired) electrons. The van der Waals surface area contributed by atoms with Crippen molar-refractivity contribution < 1.29 is 33.4 Å². The fourth-order valence-corrected chi connectivity index (χ4v) is 3.37. The fraction of sp³-hybridized carbons (Fsp3) is 0.500. The van der Waals surface area contributed by atoms with Crippen molar-refractivity contribution in [3.63, 3.8) is 0 Å². The number of carboxylic acid groups (broad SMARTS) is 1. The highest BCUT2D eigenvalue weighted by Crippen LogP contribution is 2.29. The minimum absolute atomic E-state index is 0.200. The maximum absolute atomic E-state index is 14.7. The molecule has 0 saturated carbocycles. The summed E-state index contributed by atoms with van der Waals surface area (Å²) in [5.74, 6) is -0.698. The molecule has 0 aromatic heterocycles. The minimum Gasteiger partial charge on any atom is -0.450 e. The quantitative estimate of drug-likeness (QED) is 0.734. The number of amides is 2. The van der Waals surface area contributed by atoms with Crippen molar-refractivity contribution in [2.75, 3.05) is 36.0 Å². The highest BCUT2D eigenvalue weighted by atomic mass is 19.1. The van der Waals surface area contributed by atoms with Crippen molar-refractivity contribution in [3.05, 3.63) is 24.0 Å². The first-order valence-corrected chi connectivity index (χ1v) is 9.00. The number of benzene rings is 1. The van der Waals surface area contributed by atoms with E-state index in [4.69, 9.17) is 14.6 Å². The predicted octanol–water partition coefficient (Wildman–Crippen LogP) is 1.95. The van der Waals surface area contributed by atoms with E-state index in [1.54, 1.807) is 12.1 Å². The fourth-order valence-electron chi connectivity index (χ4n) is 3.37. The van der Waals surface area contributed by atoms with Crippen LogP contribution >= 0.6 is 0 Å². The van der Waals surface area contributed by atoms with Crippen molar-refractivity contribution in [2.24, 2.45) is 0 Å². The van der Waals surface area contributed by atoms with E-state index < -0.39 is 24.2 Å². The smallest absolute Gasteiger partial charge is 0.450 e. The molecule has 1 atom stereocenters. The van der Waals surface area contributed by atoms with Crippen LogP contribution in [0.15, 0.2) is 18.2 Å². The van der Waals surface area contributed by atoms with Crippen LogP contribution in [0.5, 0.6) is 0 Å². The van der Waals surface area contributed by atoms with E-state index in [-0.39, 0.29) is 25.1 Å². The number of carbonyl (C=O) groups is 3. The molecule has 2 saturated heterocycles. The summed E-state index contributed by atoms with van der Waals surface area (Å²) in [7, 11) is 0. The van der Waals surface area contributed by atoms with Crippen LogP contribution in [0.25, 0.3) is 0 Å². The molecule has 2 fully saturated rings. The molecule has 9 nitrogen and oxygen atoms in total. The summed E-state index contributed by atoms with van der Waals surface area (Å²) in [6.07, 6.45) is -1.80. The van der Waals surface area contributed by atoms with Gasteiger partial charge in [-0.3, -0.25) is 9.69 Å². The number of piperidine rings is 1. The number of hydrogen-bond donors (Lipinski definition) is 2. The third-order valence-corrected chi connectivity index (χ3v) is 4.75. The summed E-state index contributed by atoms with van der Waals surface area (Å²) in [5, 5.41) is 11.3. The Morgan fingerprint density at radius 1 is 1.36 bits per heavy atom. The van der Waals surface area contributed by atoms with Gasteiger partial charge in [0.25, 0.3) is 0 Å². The summed E-state index contributed by atoms with van der Waals surface area (Å²) < 4.78 is 24.6. The highest BCUT2D eigenvalue weighted by Gasteiger charge is 2.33. The Hall–Kier alpha value is -3.04. The van der Waals surface area contributed by atoms with Gasteiger partial charge in [0.2, 0.25) is 5.91 Å². The van der Waals surface area contributed by atoms with Gasteiger partial charge in [-0.05, 0) is 18.2 Å². The number of nitrogens with one attached hydrogen (secondary N) is 1.